The van der Waals surface area contributed by atoms with Crippen LogP contribution >= 0.6 is 24.8 Å². The van der Waals surface area contributed by atoms with E-state index < -0.39 is 12.5 Å². The maximum atomic E-state index is 13.4. The molecule has 0 aromatic heterocycles. The van der Waals surface area contributed by atoms with E-state index in [1.807, 2.05) is 0 Å². The van der Waals surface area contributed by atoms with Crippen LogP contribution in [0, 0.1) is 5.92 Å². The third-order valence-corrected chi connectivity index (χ3v) is 4.62. The second kappa shape index (κ2) is 9.97. The van der Waals surface area contributed by atoms with Gasteiger partial charge in [-0.15, -0.1) is 24.8 Å². The average molecular weight is 419 g/mol. The van der Waals surface area contributed by atoms with Crippen LogP contribution in [0.25, 0.3) is 0 Å². The maximum absolute atomic E-state index is 13.4. The standard InChI is InChI=1S/C17H22F4N2O.2ClH/c18-16(19)17(20,21)24-15-4-2-1-3-13(15)14(11-12-5-6-12)23-9-7-22-8-10-23;;/h1-4,12,14,16,22H,5-11H2;2*1H/t14-;;/m1../s1. The number of rotatable bonds is 7. The third kappa shape index (κ3) is 5.87. The molecule has 0 bridgehead atoms. The second-order valence-corrected chi connectivity index (χ2v) is 6.48. The van der Waals surface area contributed by atoms with Gasteiger partial charge in [0.25, 0.3) is 0 Å². The van der Waals surface area contributed by atoms with Crippen molar-refractivity contribution in [3.05, 3.63) is 29.8 Å². The lowest BCUT2D eigenvalue weighted by Crippen LogP contribution is -2.45. The molecule has 1 heterocycles. The van der Waals surface area contributed by atoms with Gasteiger partial charge in [-0.05, 0) is 18.4 Å². The number of nitrogens with one attached hydrogen (secondary N) is 1. The van der Waals surface area contributed by atoms with E-state index in [0.717, 1.165) is 45.4 Å². The summed E-state index contributed by atoms with van der Waals surface area (Å²) in [5, 5.41) is 3.27. The fourth-order valence-corrected chi connectivity index (χ4v) is 3.18. The van der Waals surface area contributed by atoms with Gasteiger partial charge in [0.1, 0.15) is 5.75 Å². The van der Waals surface area contributed by atoms with E-state index in [1.165, 1.54) is 12.1 Å². The number of alkyl halides is 4. The molecule has 1 aliphatic heterocycles. The van der Waals surface area contributed by atoms with Gasteiger partial charge in [0.05, 0.1) is 0 Å². The van der Waals surface area contributed by atoms with Gasteiger partial charge in [-0.2, -0.15) is 17.6 Å². The van der Waals surface area contributed by atoms with E-state index in [0.29, 0.717) is 11.5 Å². The minimum atomic E-state index is -4.48. The summed E-state index contributed by atoms with van der Waals surface area (Å²) < 4.78 is 56.3. The lowest BCUT2D eigenvalue weighted by Gasteiger charge is -2.36. The van der Waals surface area contributed by atoms with Crippen LogP contribution in [0.15, 0.2) is 24.3 Å². The minimum Gasteiger partial charge on any atom is -0.428 e. The van der Waals surface area contributed by atoms with Gasteiger partial charge >= 0.3 is 12.5 Å². The third-order valence-electron chi connectivity index (χ3n) is 4.62. The van der Waals surface area contributed by atoms with Gasteiger partial charge in [0, 0.05) is 37.8 Å². The van der Waals surface area contributed by atoms with Crippen LogP contribution in [0.1, 0.15) is 30.9 Å². The zero-order valence-electron chi connectivity index (χ0n) is 14.2. The molecule has 0 unspecified atom stereocenters. The normalized spacial score (nSPS) is 19.4. The molecule has 1 saturated heterocycles. The van der Waals surface area contributed by atoms with Crippen molar-refractivity contribution >= 4 is 24.8 Å². The molecular weight excluding hydrogens is 395 g/mol. The monoisotopic (exact) mass is 418 g/mol. The van der Waals surface area contributed by atoms with Crippen LogP contribution in [-0.4, -0.2) is 43.6 Å². The number of piperazine rings is 1. The van der Waals surface area contributed by atoms with Gasteiger partial charge in [-0.3, -0.25) is 4.90 Å². The van der Waals surface area contributed by atoms with E-state index in [-0.39, 0.29) is 36.6 Å². The Morgan fingerprint density at radius 1 is 1.12 bits per heavy atom. The summed E-state index contributed by atoms with van der Waals surface area (Å²) in [6, 6.07) is 6.26. The number of benzene rings is 1. The number of ether oxygens (including phenoxy) is 1. The van der Waals surface area contributed by atoms with Gasteiger partial charge in [-0.1, -0.05) is 31.0 Å². The smallest absolute Gasteiger partial charge is 0.428 e. The lowest BCUT2D eigenvalue weighted by molar-refractivity contribution is -0.253. The van der Waals surface area contributed by atoms with Crippen molar-refractivity contribution < 1.29 is 22.3 Å². The lowest BCUT2D eigenvalue weighted by atomic mass is 9.97. The molecule has 1 aromatic rings. The van der Waals surface area contributed by atoms with Gasteiger partial charge < -0.3 is 10.1 Å². The van der Waals surface area contributed by atoms with Crippen molar-refractivity contribution in [2.45, 2.75) is 37.8 Å². The molecule has 26 heavy (non-hydrogen) atoms. The van der Waals surface area contributed by atoms with Crippen molar-refractivity contribution in [3.8, 4) is 5.75 Å². The van der Waals surface area contributed by atoms with Crippen molar-refractivity contribution in [2.24, 2.45) is 5.92 Å². The summed E-state index contributed by atoms with van der Waals surface area (Å²) in [5.74, 6) is 0.431. The SMILES string of the molecule is Cl.Cl.FC(F)C(F)(F)Oc1ccccc1[C@@H](CC1CC1)N1CCNCC1. The topological polar surface area (TPSA) is 24.5 Å². The molecule has 2 aliphatic rings. The first kappa shape index (κ1) is 23.3. The Morgan fingerprint density at radius 3 is 2.31 bits per heavy atom. The van der Waals surface area contributed by atoms with Crippen LogP contribution in [0.2, 0.25) is 0 Å². The summed E-state index contributed by atoms with van der Waals surface area (Å²) in [5.41, 5.74) is 0.576. The second-order valence-electron chi connectivity index (χ2n) is 6.48. The molecule has 2 fully saturated rings. The molecule has 0 radical (unpaired) electrons. The number of hydrogen-bond donors (Lipinski definition) is 1. The minimum absolute atomic E-state index is 0. The molecule has 150 valence electrons. The quantitative estimate of drug-likeness (QED) is 0.659. The summed E-state index contributed by atoms with van der Waals surface area (Å²) in [7, 11) is 0. The van der Waals surface area contributed by atoms with Crippen molar-refractivity contribution in [3.63, 3.8) is 0 Å². The highest BCUT2D eigenvalue weighted by Gasteiger charge is 2.45. The first-order valence-electron chi connectivity index (χ1n) is 8.36. The van der Waals surface area contributed by atoms with Gasteiger partial charge in [-0.25, -0.2) is 0 Å². The number of halogens is 6. The largest absolute Gasteiger partial charge is 0.461 e. The van der Waals surface area contributed by atoms with Crippen LogP contribution in [-0.2, 0) is 0 Å². The molecule has 9 heteroatoms. The van der Waals surface area contributed by atoms with Crippen LogP contribution in [0.3, 0.4) is 0 Å². The van der Waals surface area contributed by atoms with Crippen molar-refractivity contribution in [2.75, 3.05) is 26.2 Å². The fourth-order valence-electron chi connectivity index (χ4n) is 3.18. The van der Waals surface area contributed by atoms with Gasteiger partial charge in [0.15, 0.2) is 0 Å². The zero-order valence-corrected chi connectivity index (χ0v) is 15.8. The van der Waals surface area contributed by atoms with E-state index in [1.54, 1.807) is 12.1 Å². The molecule has 3 rings (SSSR count). The van der Waals surface area contributed by atoms with Crippen molar-refractivity contribution in [1.82, 2.24) is 10.2 Å². The van der Waals surface area contributed by atoms with Crippen LogP contribution in [0.4, 0.5) is 17.6 Å². The summed E-state index contributed by atoms with van der Waals surface area (Å²) in [4.78, 5) is 2.23. The number of para-hydroxylation sites is 1. The molecule has 1 N–H and O–H groups in total. The van der Waals surface area contributed by atoms with E-state index >= 15 is 0 Å². The zero-order chi connectivity index (χ0) is 17.2. The molecular formula is C17H24Cl2F4N2O. The molecule has 0 amide bonds. The first-order valence-corrected chi connectivity index (χ1v) is 8.36. The van der Waals surface area contributed by atoms with E-state index in [4.69, 9.17) is 0 Å². The number of hydrogen-bond acceptors (Lipinski definition) is 3. The Hall–Kier alpha value is -0.760. The molecule has 3 nitrogen and oxygen atoms in total. The Labute approximate surface area is 163 Å². The summed E-state index contributed by atoms with van der Waals surface area (Å²) in [6.07, 6.45) is -5.21. The highest BCUT2D eigenvalue weighted by Crippen LogP contribution is 2.43. The Kier molecular flexibility index (Phi) is 8.93. The van der Waals surface area contributed by atoms with Gasteiger partial charge in [0.2, 0.25) is 0 Å². The van der Waals surface area contributed by atoms with E-state index in [2.05, 4.69) is 15.0 Å². The molecule has 1 aromatic carbocycles. The highest BCUT2D eigenvalue weighted by molar-refractivity contribution is 5.85. The van der Waals surface area contributed by atoms with Crippen LogP contribution in [0.5, 0.6) is 5.75 Å². The highest BCUT2D eigenvalue weighted by atomic mass is 35.5. The van der Waals surface area contributed by atoms with Crippen molar-refractivity contribution in [1.29, 1.82) is 0 Å². The average Bonchev–Trinajstić information content (AvgIpc) is 3.38. The number of nitrogens with zero attached hydrogens (tertiary/aromatic N) is 1. The molecule has 1 saturated carbocycles. The predicted molar refractivity (Wildman–Crippen MR) is 97.0 cm³/mol. The summed E-state index contributed by atoms with van der Waals surface area (Å²) in [6.45, 7) is 3.27. The molecule has 0 spiro atoms. The molecule has 1 aliphatic carbocycles. The summed E-state index contributed by atoms with van der Waals surface area (Å²) >= 11 is 0. The fraction of sp³-hybridized carbons (Fsp3) is 0.647. The maximum Gasteiger partial charge on any atom is 0.461 e. The Balaban J connectivity index is 0.00000169. The predicted octanol–water partition coefficient (Wildman–Crippen LogP) is 4.51. The van der Waals surface area contributed by atoms with Crippen LogP contribution < -0.4 is 10.1 Å². The Morgan fingerprint density at radius 2 is 1.73 bits per heavy atom. The Bertz CT molecular complexity index is 555. The van der Waals surface area contributed by atoms with E-state index in [9.17, 15) is 17.6 Å². The first-order chi connectivity index (χ1) is 11.5. The molecule has 1 atom stereocenters.